The zero-order valence-corrected chi connectivity index (χ0v) is 16.7. The first-order valence-electron chi connectivity index (χ1n) is 8.36. The molecule has 156 valence electrons. The van der Waals surface area contributed by atoms with Gasteiger partial charge in [-0.2, -0.15) is 17.2 Å². The van der Waals surface area contributed by atoms with Crippen LogP contribution in [0.25, 0.3) is 0 Å². The average Bonchev–Trinajstić information content (AvgIpc) is 2.60. The molecule has 10 heteroatoms. The van der Waals surface area contributed by atoms with Crippen molar-refractivity contribution in [2.24, 2.45) is 5.41 Å². The van der Waals surface area contributed by atoms with Gasteiger partial charge in [0.1, 0.15) is 5.78 Å². The zero-order chi connectivity index (χ0) is 21.9. The molecule has 1 N–H and O–H groups in total. The molecule has 7 nitrogen and oxygen atoms in total. The minimum Gasteiger partial charge on any atom is -0.451 e. The highest BCUT2D eigenvalue weighted by Gasteiger charge is 2.52. The van der Waals surface area contributed by atoms with E-state index in [1.807, 2.05) is 0 Å². The van der Waals surface area contributed by atoms with E-state index in [4.69, 9.17) is 4.55 Å². The normalized spacial score (nSPS) is 13.7. The van der Waals surface area contributed by atoms with E-state index in [0.29, 0.717) is 13.3 Å². The highest BCUT2D eigenvalue weighted by Crippen LogP contribution is 2.28. The largest absolute Gasteiger partial charge is 0.451 e. The van der Waals surface area contributed by atoms with Gasteiger partial charge in [0, 0.05) is 11.0 Å². The Morgan fingerprint density at radius 2 is 1.64 bits per heavy atom. The standard InChI is InChI=1S/C18H22F2O7S/c1-5-17(3,4)15(22)10-14(21)12-8-6-7-9-13(12)16(23)27-11(2)18(19,20)28(24,25)26/h6-9,11H,5,10H2,1-4H3,(H,24,25,26). The Labute approximate surface area is 161 Å². The molecule has 0 aliphatic carbocycles. The van der Waals surface area contributed by atoms with Crippen molar-refractivity contribution in [3.8, 4) is 0 Å². The number of carbonyl (C=O) groups excluding carboxylic acids is 3. The molecule has 0 amide bonds. The second-order valence-electron chi connectivity index (χ2n) is 6.89. The molecule has 0 spiro atoms. The van der Waals surface area contributed by atoms with Gasteiger partial charge >= 0.3 is 21.3 Å². The number of ether oxygens (including phenoxy) is 1. The van der Waals surface area contributed by atoms with Crippen molar-refractivity contribution in [1.29, 1.82) is 0 Å². The summed E-state index contributed by atoms with van der Waals surface area (Å²) in [6.07, 6.45) is -2.52. The van der Waals surface area contributed by atoms with Gasteiger partial charge < -0.3 is 4.74 Å². The number of hydrogen-bond acceptors (Lipinski definition) is 6. The third-order valence-electron chi connectivity index (χ3n) is 4.51. The van der Waals surface area contributed by atoms with E-state index in [2.05, 4.69) is 4.74 Å². The predicted molar refractivity (Wildman–Crippen MR) is 95.8 cm³/mol. The number of benzene rings is 1. The van der Waals surface area contributed by atoms with E-state index >= 15 is 0 Å². The van der Waals surface area contributed by atoms with Crippen LogP contribution in [0.15, 0.2) is 24.3 Å². The predicted octanol–water partition coefficient (Wildman–Crippen LogP) is 3.29. The van der Waals surface area contributed by atoms with Crippen molar-refractivity contribution < 1.29 is 40.9 Å². The van der Waals surface area contributed by atoms with Crippen LogP contribution in [0.4, 0.5) is 8.78 Å². The highest BCUT2D eigenvalue weighted by molar-refractivity contribution is 7.86. The minimum atomic E-state index is -5.81. The maximum absolute atomic E-state index is 13.6. The summed E-state index contributed by atoms with van der Waals surface area (Å²) >= 11 is 0. The maximum Gasteiger partial charge on any atom is 0.405 e. The Morgan fingerprint density at radius 3 is 2.11 bits per heavy atom. The fraction of sp³-hybridized carbons (Fsp3) is 0.500. The van der Waals surface area contributed by atoms with E-state index in [9.17, 15) is 31.6 Å². The van der Waals surface area contributed by atoms with Gasteiger partial charge in [0.2, 0.25) is 0 Å². The number of ketones is 2. The van der Waals surface area contributed by atoms with Crippen LogP contribution in [0, 0.1) is 5.41 Å². The van der Waals surface area contributed by atoms with Crippen molar-refractivity contribution >= 4 is 27.7 Å². The Balaban J connectivity index is 3.10. The molecular formula is C18H22F2O7S. The monoisotopic (exact) mass is 420 g/mol. The molecule has 0 aliphatic heterocycles. The molecule has 1 aromatic rings. The number of rotatable bonds is 9. The van der Waals surface area contributed by atoms with Crippen LogP contribution in [0.5, 0.6) is 0 Å². The summed E-state index contributed by atoms with van der Waals surface area (Å²) in [5.41, 5.74) is -1.36. The molecule has 0 aromatic heterocycles. The summed E-state index contributed by atoms with van der Waals surface area (Å²) in [7, 11) is -5.81. The van der Waals surface area contributed by atoms with Crippen molar-refractivity contribution in [3.63, 3.8) is 0 Å². The van der Waals surface area contributed by atoms with Gasteiger partial charge in [0.05, 0.1) is 12.0 Å². The topological polar surface area (TPSA) is 115 Å². The summed E-state index contributed by atoms with van der Waals surface area (Å²) in [6.45, 7) is 5.71. The second kappa shape index (κ2) is 8.44. The summed E-state index contributed by atoms with van der Waals surface area (Å²) in [5.74, 6) is -2.44. The third kappa shape index (κ3) is 5.20. The Morgan fingerprint density at radius 1 is 1.14 bits per heavy atom. The maximum atomic E-state index is 13.6. The SMILES string of the molecule is CCC(C)(C)C(=O)CC(=O)c1ccccc1C(=O)OC(C)C(F)(F)S(=O)(=O)O. The summed E-state index contributed by atoms with van der Waals surface area (Å²) in [5, 5.41) is -4.73. The van der Waals surface area contributed by atoms with Crippen LogP contribution in [0.1, 0.15) is 61.3 Å². The first-order chi connectivity index (χ1) is 12.6. The quantitative estimate of drug-likeness (QED) is 0.282. The molecule has 1 unspecified atom stereocenters. The van der Waals surface area contributed by atoms with Gasteiger partial charge in [0.25, 0.3) is 0 Å². The molecule has 0 saturated carbocycles. The molecule has 28 heavy (non-hydrogen) atoms. The number of hydrogen-bond donors (Lipinski definition) is 1. The molecule has 1 aromatic carbocycles. The van der Waals surface area contributed by atoms with Crippen molar-refractivity contribution in [3.05, 3.63) is 35.4 Å². The fourth-order valence-electron chi connectivity index (χ4n) is 2.08. The van der Waals surface area contributed by atoms with Crippen LogP contribution in [0.2, 0.25) is 0 Å². The Hall–Kier alpha value is -2.20. The second-order valence-corrected chi connectivity index (χ2v) is 8.38. The first-order valence-corrected chi connectivity index (χ1v) is 9.80. The molecule has 0 saturated heterocycles. The molecule has 1 atom stereocenters. The Bertz CT molecular complexity index is 876. The zero-order valence-electron chi connectivity index (χ0n) is 15.9. The fourth-order valence-corrected chi connectivity index (χ4v) is 2.55. The van der Waals surface area contributed by atoms with Gasteiger partial charge in [-0.25, -0.2) is 4.79 Å². The first kappa shape index (κ1) is 23.8. The van der Waals surface area contributed by atoms with Crippen LogP contribution in [-0.4, -0.2) is 41.9 Å². The Kier molecular flexibility index (Phi) is 7.18. The minimum absolute atomic E-state index is 0.213. The number of halogens is 2. The van der Waals surface area contributed by atoms with Gasteiger partial charge in [-0.1, -0.05) is 39.0 Å². The molecule has 0 bridgehead atoms. The molecule has 0 aliphatic rings. The van der Waals surface area contributed by atoms with E-state index in [0.717, 1.165) is 6.07 Å². The summed E-state index contributed by atoms with van der Waals surface area (Å²) in [6, 6.07) is 5.12. The molecule has 0 heterocycles. The van der Waals surface area contributed by atoms with E-state index < -0.39 is 50.6 Å². The molecular weight excluding hydrogens is 398 g/mol. The summed E-state index contributed by atoms with van der Waals surface area (Å²) < 4.78 is 61.7. The lowest BCUT2D eigenvalue weighted by Gasteiger charge is -2.22. The highest BCUT2D eigenvalue weighted by atomic mass is 32.2. The van der Waals surface area contributed by atoms with Crippen molar-refractivity contribution in [2.45, 2.75) is 51.9 Å². The molecule has 1 rings (SSSR count). The van der Waals surface area contributed by atoms with Crippen molar-refractivity contribution in [2.75, 3.05) is 0 Å². The number of carbonyl (C=O) groups is 3. The van der Waals surface area contributed by atoms with Gasteiger partial charge in [-0.15, -0.1) is 0 Å². The van der Waals surface area contributed by atoms with Crippen LogP contribution in [0.3, 0.4) is 0 Å². The van der Waals surface area contributed by atoms with Crippen LogP contribution >= 0.6 is 0 Å². The third-order valence-corrected chi connectivity index (χ3v) is 5.53. The van der Waals surface area contributed by atoms with Gasteiger partial charge in [-0.3, -0.25) is 14.1 Å². The van der Waals surface area contributed by atoms with E-state index in [-0.39, 0.29) is 11.3 Å². The number of Topliss-reactive ketones (excluding diaryl/α,β-unsaturated/α-hetero) is 2. The van der Waals surface area contributed by atoms with Gasteiger partial charge in [-0.05, 0) is 19.4 Å². The van der Waals surface area contributed by atoms with Gasteiger partial charge in [0.15, 0.2) is 11.9 Å². The molecule has 0 radical (unpaired) electrons. The average molecular weight is 420 g/mol. The molecule has 0 fully saturated rings. The number of esters is 1. The van der Waals surface area contributed by atoms with Crippen molar-refractivity contribution in [1.82, 2.24) is 0 Å². The van der Waals surface area contributed by atoms with Crippen LogP contribution < -0.4 is 0 Å². The van der Waals surface area contributed by atoms with E-state index in [1.165, 1.54) is 18.2 Å². The smallest absolute Gasteiger partial charge is 0.405 e. The lowest BCUT2D eigenvalue weighted by Crippen LogP contribution is -2.42. The lowest BCUT2D eigenvalue weighted by atomic mass is 9.82. The van der Waals surface area contributed by atoms with E-state index in [1.54, 1.807) is 20.8 Å². The van der Waals surface area contributed by atoms with Crippen LogP contribution in [-0.2, 0) is 19.6 Å². The lowest BCUT2D eigenvalue weighted by molar-refractivity contribution is -0.126. The summed E-state index contributed by atoms with van der Waals surface area (Å²) in [4.78, 5) is 36.9. The number of alkyl halides is 2.